The number of nitrogens with one attached hydrogen (secondary N) is 1. The van der Waals surface area contributed by atoms with Gasteiger partial charge in [0.05, 0.1) is 17.8 Å². The summed E-state index contributed by atoms with van der Waals surface area (Å²) < 4.78 is 5.79. The van der Waals surface area contributed by atoms with Crippen molar-refractivity contribution in [2.45, 2.75) is 38.8 Å². The van der Waals surface area contributed by atoms with Crippen LogP contribution in [0.4, 0.5) is 5.69 Å². The summed E-state index contributed by atoms with van der Waals surface area (Å²) in [5.74, 6) is 1.44. The molecule has 1 aliphatic rings. The van der Waals surface area contributed by atoms with Gasteiger partial charge in [-0.3, -0.25) is 0 Å². The largest absolute Gasteiger partial charge is 0.473 e. The molecule has 2 aromatic heterocycles. The summed E-state index contributed by atoms with van der Waals surface area (Å²) in [5.41, 5.74) is 0.992. The van der Waals surface area contributed by atoms with Gasteiger partial charge < -0.3 is 10.1 Å². The second-order valence-electron chi connectivity index (χ2n) is 5.50. The van der Waals surface area contributed by atoms with E-state index in [1.165, 1.54) is 17.7 Å². The van der Waals surface area contributed by atoms with Crippen LogP contribution in [0.1, 0.15) is 37.6 Å². The van der Waals surface area contributed by atoms with Crippen molar-refractivity contribution < 1.29 is 4.74 Å². The number of thiophene rings is 1. The number of hydrogen-bond acceptors (Lipinski definition) is 4. The maximum Gasteiger partial charge on any atom is 0.237 e. The lowest BCUT2D eigenvalue weighted by Crippen LogP contribution is -2.14. The molecule has 2 aromatic rings. The summed E-state index contributed by atoms with van der Waals surface area (Å²) in [4.78, 5) is 5.75. The van der Waals surface area contributed by atoms with E-state index in [0.29, 0.717) is 11.9 Å². The van der Waals surface area contributed by atoms with Crippen LogP contribution in [-0.4, -0.2) is 11.1 Å². The van der Waals surface area contributed by atoms with E-state index in [0.717, 1.165) is 11.6 Å². The van der Waals surface area contributed by atoms with Gasteiger partial charge in [-0.15, -0.1) is 11.3 Å². The molecule has 0 radical (unpaired) electrons. The van der Waals surface area contributed by atoms with E-state index in [2.05, 4.69) is 27.8 Å². The van der Waals surface area contributed by atoms with Gasteiger partial charge in [0.1, 0.15) is 0 Å². The third-order valence-electron chi connectivity index (χ3n) is 3.37. The van der Waals surface area contributed by atoms with Gasteiger partial charge in [-0.25, -0.2) is 4.98 Å². The molecule has 0 spiro atoms. The minimum Gasteiger partial charge on any atom is -0.473 e. The molecule has 106 valence electrons. The van der Waals surface area contributed by atoms with Crippen LogP contribution in [0.3, 0.4) is 0 Å². The lowest BCUT2D eigenvalue weighted by molar-refractivity contribution is 0.234. The summed E-state index contributed by atoms with van der Waals surface area (Å²) >= 11 is 1.81. The van der Waals surface area contributed by atoms with E-state index >= 15 is 0 Å². The average Bonchev–Trinajstić information content (AvgIpc) is 3.11. The molecule has 20 heavy (non-hydrogen) atoms. The molecule has 1 aliphatic carbocycles. The summed E-state index contributed by atoms with van der Waals surface area (Å²) in [7, 11) is 0. The molecule has 1 unspecified atom stereocenters. The predicted molar refractivity (Wildman–Crippen MR) is 83.4 cm³/mol. The van der Waals surface area contributed by atoms with E-state index in [1.807, 2.05) is 37.3 Å². The second-order valence-corrected chi connectivity index (χ2v) is 6.48. The van der Waals surface area contributed by atoms with Crippen molar-refractivity contribution in [3.05, 3.63) is 40.7 Å². The zero-order chi connectivity index (χ0) is 13.9. The number of aromatic nitrogens is 1. The molecule has 0 aromatic carbocycles. The van der Waals surface area contributed by atoms with Crippen molar-refractivity contribution >= 4 is 17.0 Å². The van der Waals surface area contributed by atoms with Gasteiger partial charge >= 0.3 is 0 Å². The normalized spacial score (nSPS) is 16.1. The van der Waals surface area contributed by atoms with Crippen molar-refractivity contribution in [2.75, 3.05) is 5.32 Å². The van der Waals surface area contributed by atoms with E-state index in [4.69, 9.17) is 4.74 Å². The molecular weight excluding hydrogens is 268 g/mol. The smallest absolute Gasteiger partial charge is 0.237 e. The zero-order valence-electron chi connectivity index (χ0n) is 11.9. The van der Waals surface area contributed by atoms with Gasteiger partial charge in [0, 0.05) is 11.1 Å². The maximum atomic E-state index is 5.79. The third kappa shape index (κ3) is 3.12. The van der Waals surface area contributed by atoms with Crippen molar-refractivity contribution in [1.29, 1.82) is 0 Å². The Morgan fingerprint density at radius 1 is 1.30 bits per heavy atom. The van der Waals surface area contributed by atoms with Crippen LogP contribution in [0.25, 0.3) is 0 Å². The first-order chi connectivity index (χ1) is 9.74. The minimum atomic E-state index is 0.131. The Morgan fingerprint density at radius 3 is 2.80 bits per heavy atom. The average molecular weight is 288 g/mol. The predicted octanol–water partition coefficient (Wildman–Crippen LogP) is 4.49. The summed E-state index contributed by atoms with van der Waals surface area (Å²) in [6.45, 7) is 4.05. The van der Waals surface area contributed by atoms with Crippen molar-refractivity contribution in [2.24, 2.45) is 5.92 Å². The summed E-state index contributed by atoms with van der Waals surface area (Å²) in [6.07, 6.45) is 4.51. The van der Waals surface area contributed by atoms with Gasteiger partial charge in [0.15, 0.2) is 0 Å². The van der Waals surface area contributed by atoms with Gasteiger partial charge in [0.2, 0.25) is 5.88 Å². The second kappa shape index (κ2) is 5.83. The van der Waals surface area contributed by atoms with E-state index in [9.17, 15) is 0 Å². The van der Waals surface area contributed by atoms with Crippen LogP contribution in [0.5, 0.6) is 5.88 Å². The fraction of sp³-hybridized carbons (Fsp3) is 0.438. The molecule has 3 nitrogen and oxygen atoms in total. The van der Waals surface area contributed by atoms with Crippen LogP contribution in [0.15, 0.2) is 35.8 Å². The standard InChI is InChI=1S/C16H20N2OS/c1-11(2)19-16-13(5-3-9-17-16)18-15(12-7-8-12)14-6-4-10-20-14/h3-6,9-12,15,18H,7-8H2,1-2H3. The highest BCUT2D eigenvalue weighted by Gasteiger charge is 2.33. The van der Waals surface area contributed by atoms with Gasteiger partial charge in [-0.2, -0.15) is 0 Å². The Kier molecular flexibility index (Phi) is 3.92. The van der Waals surface area contributed by atoms with E-state index < -0.39 is 0 Å². The highest BCUT2D eigenvalue weighted by atomic mass is 32.1. The first-order valence-electron chi connectivity index (χ1n) is 7.15. The SMILES string of the molecule is CC(C)Oc1ncccc1NC(c1cccs1)C1CC1. The molecule has 1 N–H and O–H groups in total. The molecule has 0 amide bonds. The molecule has 1 atom stereocenters. The van der Waals surface area contributed by atoms with Crippen LogP contribution in [-0.2, 0) is 0 Å². The number of hydrogen-bond donors (Lipinski definition) is 1. The fourth-order valence-electron chi connectivity index (χ4n) is 2.30. The van der Waals surface area contributed by atoms with Crippen molar-refractivity contribution in [3.63, 3.8) is 0 Å². The van der Waals surface area contributed by atoms with Crippen LogP contribution in [0.2, 0.25) is 0 Å². The van der Waals surface area contributed by atoms with Crippen molar-refractivity contribution in [3.8, 4) is 5.88 Å². The maximum absolute atomic E-state index is 5.79. The molecular formula is C16H20N2OS. The number of rotatable bonds is 6. The minimum absolute atomic E-state index is 0.131. The number of anilines is 1. The Hall–Kier alpha value is -1.55. The Bertz CT molecular complexity index is 549. The molecule has 3 rings (SSSR count). The number of nitrogens with zero attached hydrogens (tertiary/aromatic N) is 1. The van der Waals surface area contributed by atoms with Crippen LogP contribution in [0, 0.1) is 5.92 Å². The molecule has 1 fully saturated rings. The fourth-order valence-corrected chi connectivity index (χ4v) is 3.17. The molecule has 0 bridgehead atoms. The molecule has 1 saturated carbocycles. The zero-order valence-corrected chi connectivity index (χ0v) is 12.7. The van der Waals surface area contributed by atoms with Gasteiger partial charge in [0.25, 0.3) is 0 Å². The topological polar surface area (TPSA) is 34.1 Å². The first-order valence-corrected chi connectivity index (χ1v) is 8.03. The highest BCUT2D eigenvalue weighted by molar-refractivity contribution is 7.10. The van der Waals surface area contributed by atoms with Crippen LogP contribution < -0.4 is 10.1 Å². The lowest BCUT2D eigenvalue weighted by Gasteiger charge is -2.20. The van der Waals surface area contributed by atoms with Crippen molar-refractivity contribution in [1.82, 2.24) is 4.98 Å². The van der Waals surface area contributed by atoms with Gasteiger partial charge in [-0.1, -0.05) is 6.07 Å². The number of ether oxygens (including phenoxy) is 1. The molecule has 4 heteroatoms. The number of pyridine rings is 1. The quantitative estimate of drug-likeness (QED) is 0.850. The molecule has 2 heterocycles. The Labute approximate surface area is 124 Å². The van der Waals surface area contributed by atoms with Crippen LogP contribution >= 0.6 is 11.3 Å². The van der Waals surface area contributed by atoms with E-state index in [-0.39, 0.29) is 6.10 Å². The first kappa shape index (κ1) is 13.4. The lowest BCUT2D eigenvalue weighted by atomic mass is 10.1. The Morgan fingerprint density at radius 2 is 2.15 bits per heavy atom. The third-order valence-corrected chi connectivity index (χ3v) is 4.33. The van der Waals surface area contributed by atoms with Gasteiger partial charge in [-0.05, 0) is 56.2 Å². The highest BCUT2D eigenvalue weighted by Crippen LogP contribution is 2.44. The molecule has 0 saturated heterocycles. The monoisotopic (exact) mass is 288 g/mol. The molecule has 0 aliphatic heterocycles. The Balaban J connectivity index is 1.82. The van der Waals surface area contributed by atoms with E-state index in [1.54, 1.807) is 6.20 Å². The summed E-state index contributed by atoms with van der Waals surface area (Å²) in [5, 5.41) is 5.78. The summed E-state index contributed by atoms with van der Waals surface area (Å²) in [6, 6.07) is 8.71.